The number of hydrogen-bond donors (Lipinski definition) is 1. The summed E-state index contributed by atoms with van der Waals surface area (Å²) < 4.78 is 12.9. The van der Waals surface area contributed by atoms with Crippen LogP contribution in [0.5, 0.6) is 0 Å². The molecule has 20 heavy (non-hydrogen) atoms. The van der Waals surface area contributed by atoms with E-state index in [0.717, 1.165) is 17.0 Å². The molecule has 2 aromatic rings. The van der Waals surface area contributed by atoms with Gasteiger partial charge >= 0.3 is 5.97 Å². The van der Waals surface area contributed by atoms with Crippen molar-refractivity contribution < 1.29 is 14.3 Å². The first kappa shape index (κ1) is 14.7. The summed E-state index contributed by atoms with van der Waals surface area (Å²) in [5.74, 6) is -1.12. The second-order valence-corrected chi connectivity index (χ2v) is 6.26. The molecule has 0 amide bonds. The molecule has 1 heterocycles. The lowest BCUT2D eigenvalue weighted by Crippen LogP contribution is -2.20. The van der Waals surface area contributed by atoms with Crippen molar-refractivity contribution in [2.45, 2.75) is 32.1 Å². The Bertz CT molecular complexity index is 605. The Balaban J connectivity index is 2.14. The topological polar surface area (TPSA) is 50.2 Å². The number of halogens is 1. The average molecular weight is 293 g/mol. The van der Waals surface area contributed by atoms with Crippen molar-refractivity contribution in [3.8, 4) is 0 Å². The summed E-state index contributed by atoms with van der Waals surface area (Å²) in [7, 11) is 0. The van der Waals surface area contributed by atoms with Crippen molar-refractivity contribution >= 4 is 17.3 Å². The third-order valence-corrected chi connectivity index (χ3v) is 4.28. The molecule has 0 aliphatic carbocycles. The Morgan fingerprint density at radius 2 is 2.00 bits per heavy atom. The molecule has 0 atom stereocenters. The average Bonchev–Trinajstić information content (AvgIpc) is 2.80. The minimum absolute atomic E-state index is 0.0525. The molecule has 0 unspecified atom stereocenters. The minimum Gasteiger partial charge on any atom is -0.481 e. The van der Waals surface area contributed by atoms with E-state index in [1.807, 2.05) is 0 Å². The SMILES string of the molecule is CC(C)(Cc1ccc(F)cc1)c1nc(CC(=O)O)cs1. The Hall–Kier alpha value is -1.75. The predicted molar refractivity (Wildman–Crippen MR) is 76.6 cm³/mol. The van der Waals surface area contributed by atoms with Gasteiger partial charge in [0.1, 0.15) is 5.82 Å². The molecule has 0 spiro atoms. The molecule has 0 aliphatic rings. The quantitative estimate of drug-likeness (QED) is 0.919. The summed E-state index contributed by atoms with van der Waals surface area (Å²) in [5.41, 5.74) is 1.41. The molecular weight excluding hydrogens is 277 g/mol. The van der Waals surface area contributed by atoms with Crippen molar-refractivity contribution in [3.05, 3.63) is 51.7 Å². The summed E-state index contributed by atoms with van der Waals surface area (Å²) in [6.45, 7) is 4.11. The summed E-state index contributed by atoms with van der Waals surface area (Å²) in [6.07, 6.45) is 0.677. The minimum atomic E-state index is -0.877. The van der Waals surface area contributed by atoms with Crippen molar-refractivity contribution in [3.63, 3.8) is 0 Å². The zero-order valence-corrected chi connectivity index (χ0v) is 12.2. The van der Waals surface area contributed by atoms with Crippen LogP contribution >= 0.6 is 11.3 Å². The van der Waals surface area contributed by atoms with Crippen molar-refractivity contribution in [2.24, 2.45) is 0 Å². The number of aromatic nitrogens is 1. The highest BCUT2D eigenvalue weighted by molar-refractivity contribution is 7.09. The van der Waals surface area contributed by atoms with Crippen LogP contribution in [0.15, 0.2) is 29.6 Å². The van der Waals surface area contributed by atoms with Crippen molar-refractivity contribution in [1.82, 2.24) is 4.98 Å². The number of thiazole rings is 1. The third kappa shape index (κ3) is 3.63. The van der Waals surface area contributed by atoms with Crippen LogP contribution in [0, 0.1) is 5.82 Å². The Kier molecular flexibility index (Phi) is 4.18. The van der Waals surface area contributed by atoms with E-state index < -0.39 is 5.97 Å². The van der Waals surface area contributed by atoms with E-state index in [1.54, 1.807) is 17.5 Å². The predicted octanol–water partition coefficient (Wildman–Crippen LogP) is 3.43. The standard InChI is InChI=1S/C15H16FNO2S/c1-15(2,8-10-3-5-11(16)6-4-10)14-17-12(9-20-14)7-13(18)19/h3-6,9H,7-8H2,1-2H3,(H,18,19). The van der Waals surface area contributed by atoms with Crippen LogP contribution in [-0.4, -0.2) is 16.1 Å². The van der Waals surface area contributed by atoms with Crippen LogP contribution in [0.4, 0.5) is 4.39 Å². The van der Waals surface area contributed by atoms with Crippen molar-refractivity contribution in [1.29, 1.82) is 0 Å². The number of benzene rings is 1. The second kappa shape index (κ2) is 5.71. The number of hydrogen-bond acceptors (Lipinski definition) is 3. The summed E-state index contributed by atoms with van der Waals surface area (Å²) in [4.78, 5) is 15.1. The maximum absolute atomic E-state index is 12.9. The molecule has 1 aromatic heterocycles. The summed E-state index contributed by atoms with van der Waals surface area (Å²) >= 11 is 1.47. The maximum atomic E-state index is 12.9. The van der Waals surface area contributed by atoms with Crippen LogP contribution in [0.2, 0.25) is 0 Å². The van der Waals surface area contributed by atoms with Crippen LogP contribution in [0.25, 0.3) is 0 Å². The molecule has 1 N–H and O–H groups in total. The largest absolute Gasteiger partial charge is 0.481 e. The van der Waals surface area contributed by atoms with Gasteiger partial charge in [-0.15, -0.1) is 11.3 Å². The number of carbonyl (C=O) groups is 1. The molecule has 0 fully saturated rings. The highest BCUT2D eigenvalue weighted by Crippen LogP contribution is 2.30. The first-order chi connectivity index (χ1) is 9.37. The Morgan fingerprint density at radius 3 is 2.60 bits per heavy atom. The fourth-order valence-electron chi connectivity index (χ4n) is 2.04. The van der Waals surface area contributed by atoms with Crippen molar-refractivity contribution in [2.75, 3.05) is 0 Å². The third-order valence-electron chi connectivity index (χ3n) is 3.02. The summed E-state index contributed by atoms with van der Waals surface area (Å²) in [6, 6.07) is 6.43. The van der Waals surface area contributed by atoms with E-state index in [-0.39, 0.29) is 17.7 Å². The Labute approximate surface area is 121 Å². The van der Waals surface area contributed by atoms with Crippen LogP contribution < -0.4 is 0 Å². The van der Waals surface area contributed by atoms with Gasteiger partial charge in [0.15, 0.2) is 0 Å². The van der Waals surface area contributed by atoms with E-state index in [1.165, 1.54) is 23.5 Å². The zero-order chi connectivity index (χ0) is 14.8. The molecular formula is C15H16FNO2S. The van der Waals surface area contributed by atoms with Gasteiger partial charge in [-0.2, -0.15) is 0 Å². The maximum Gasteiger partial charge on any atom is 0.309 e. The van der Waals surface area contributed by atoms with Gasteiger partial charge in [0.05, 0.1) is 17.1 Å². The van der Waals surface area contributed by atoms with Gasteiger partial charge in [-0.3, -0.25) is 4.79 Å². The van der Waals surface area contributed by atoms with E-state index in [9.17, 15) is 9.18 Å². The fourth-order valence-corrected chi connectivity index (χ4v) is 2.99. The number of rotatable bonds is 5. The normalized spacial score (nSPS) is 11.6. The van der Waals surface area contributed by atoms with Gasteiger partial charge < -0.3 is 5.11 Å². The summed E-state index contributed by atoms with van der Waals surface area (Å²) in [5, 5.41) is 11.5. The van der Waals surface area contributed by atoms with Gasteiger partial charge in [-0.05, 0) is 24.1 Å². The molecule has 1 aromatic carbocycles. The molecule has 0 aliphatic heterocycles. The van der Waals surface area contributed by atoms with Gasteiger partial charge in [0, 0.05) is 10.8 Å². The molecule has 5 heteroatoms. The molecule has 0 saturated carbocycles. The lowest BCUT2D eigenvalue weighted by Gasteiger charge is -2.22. The van der Waals surface area contributed by atoms with Gasteiger partial charge in [0.2, 0.25) is 0 Å². The lowest BCUT2D eigenvalue weighted by atomic mass is 9.86. The van der Waals surface area contributed by atoms with Gasteiger partial charge in [-0.1, -0.05) is 26.0 Å². The van der Waals surface area contributed by atoms with Crippen LogP contribution in [0.1, 0.15) is 30.1 Å². The molecule has 0 saturated heterocycles. The first-order valence-corrected chi connectivity index (χ1v) is 7.16. The monoisotopic (exact) mass is 293 g/mol. The molecule has 2 rings (SSSR count). The van der Waals surface area contributed by atoms with Gasteiger partial charge in [0.25, 0.3) is 0 Å². The number of nitrogens with zero attached hydrogens (tertiary/aromatic N) is 1. The van der Waals surface area contributed by atoms with E-state index in [0.29, 0.717) is 5.69 Å². The highest BCUT2D eigenvalue weighted by Gasteiger charge is 2.25. The van der Waals surface area contributed by atoms with E-state index >= 15 is 0 Å². The van der Waals surface area contributed by atoms with E-state index in [2.05, 4.69) is 18.8 Å². The van der Waals surface area contributed by atoms with Crippen LogP contribution in [0.3, 0.4) is 0 Å². The smallest absolute Gasteiger partial charge is 0.309 e. The number of carboxylic acids is 1. The second-order valence-electron chi connectivity index (χ2n) is 5.40. The first-order valence-electron chi connectivity index (χ1n) is 6.28. The number of aliphatic carboxylic acids is 1. The lowest BCUT2D eigenvalue weighted by molar-refractivity contribution is -0.136. The molecule has 3 nitrogen and oxygen atoms in total. The fraction of sp³-hybridized carbons (Fsp3) is 0.333. The molecule has 106 valence electrons. The van der Waals surface area contributed by atoms with Gasteiger partial charge in [-0.25, -0.2) is 9.37 Å². The molecule has 0 radical (unpaired) electrons. The van der Waals surface area contributed by atoms with Crippen LogP contribution in [-0.2, 0) is 23.1 Å². The number of carboxylic acid groups (broad SMARTS) is 1. The Morgan fingerprint density at radius 1 is 1.35 bits per heavy atom. The molecule has 0 bridgehead atoms. The highest BCUT2D eigenvalue weighted by atomic mass is 32.1. The zero-order valence-electron chi connectivity index (χ0n) is 11.4. The van der Waals surface area contributed by atoms with E-state index in [4.69, 9.17) is 5.11 Å².